The van der Waals surface area contributed by atoms with Gasteiger partial charge in [-0.3, -0.25) is 0 Å². The first kappa shape index (κ1) is 24.3. The summed E-state index contributed by atoms with van der Waals surface area (Å²) in [6, 6.07) is 28.1. The molecule has 5 heteroatoms. The van der Waals surface area contributed by atoms with Crippen LogP contribution >= 0.6 is 0 Å². The smallest absolute Gasteiger partial charge is 0.209 e. The summed E-state index contributed by atoms with van der Waals surface area (Å²) in [5.74, 6) is 0.774. The maximum atomic E-state index is 10.1. The summed E-state index contributed by atoms with van der Waals surface area (Å²) in [7, 11) is -4.04. The molecule has 0 aliphatic carbocycles. The van der Waals surface area contributed by atoms with Crippen LogP contribution in [0.4, 0.5) is 0 Å². The van der Waals surface area contributed by atoms with Gasteiger partial charge < -0.3 is 14.3 Å². The van der Waals surface area contributed by atoms with Crippen LogP contribution in [-0.2, 0) is 17.0 Å². The first-order valence-electron chi connectivity index (χ1n) is 11.6. The van der Waals surface area contributed by atoms with Crippen LogP contribution in [0.3, 0.4) is 0 Å². The highest BCUT2D eigenvalue weighted by atomic mass is 28.4. The molecule has 3 nitrogen and oxygen atoms in total. The molecular formula is C27H36O3Si2. The Morgan fingerprint density at radius 2 is 1.09 bits per heavy atom. The van der Waals surface area contributed by atoms with Gasteiger partial charge in [0.15, 0.2) is 8.32 Å². The van der Waals surface area contributed by atoms with E-state index in [1.165, 1.54) is 5.19 Å². The van der Waals surface area contributed by atoms with Crippen molar-refractivity contribution in [1.82, 2.24) is 0 Å². The number of aryl methyl sites for hydroxylation is 2. The van der Waals surface area contributed by atoms with Crippen molar-refractivity contribution in [3.05, 3.63) is 90.0 Å². The Bertz CT molecular complexity index is 991. The molecule has 0 radical (unpaired) electrons. The van der Waals surface area contributed by atoms with Gasteiger partial charge in [-0.1, -0.05) is 66.7 Å². The highest BCUT2D eigenvalue weighted by Gasteiger charge is 2.37. The summed E-state index contributed by atoms with van der Waals surface area (Å²) < 4.78 is 7.10. The molecule has 0 saturated carbocycles. The zero-order chi connectivity index (χ0) is 23.0. The Morgan fingerprint density at radius 3 is 1.62 bits per heavy atom. The highest BCUT2D eigenvalue weighted by molar-refractivity contribution is 6.93. The highest BCUT2D eigenvalue weighted by Crippen LogP contribution is 2.27. The monoisotopic (exact) mass is 464 g/mol. The summed E-state index contributed by atoms with van der Waals surface area (Å²) >= 11 is 0. The van der Waals surface area contributed by atoms with Crippen LogP contribution in [0.15, 0.2) is 78.9 Å². The average Bonchev–Trinajstić information content (AvgIpc) is 2.77. The number of phenols is 2. The van der Waals surface area contributed by atoms with Crippen molar-refractivity contribution in [2.24, 2.45) is 0 Å². The van der Waals surface area contributed by atoms with Gasteiger partial charge in [-0.15, -0.1) is 0 Å². The molecule has 0 amide bonds. The van der Waals surface area contributed by atoms with E-state index in [9.17, 15) is 10.2 Å². The molecule has 0 aliphatic rings. The molecular weight excluding hydrogens is 428 g/mol. The quantitative estimate of drug-likeness (QED) is 0.324. The van der Waals surface area contributed by atoms with Gasteiger partial charge in [0.2, 0.25) is 8.32 Å². The minimum Gasteiger partial charge on any atom is -0.508 e. The van der Waals surface area contributed by atoms with Gasteiger partial charge in [-0.2, -0.15) is 0 Å². The Kier molecular flexibility index (Phi) is 8.34. The summed E-state index contributed by atoms with van der Waals surface area (Å²) in [5.41, 5.74) is 2.03. The van der Waals surface area contributed by atoms with Crippen molar-refractivity contribution in [3.63, 3.8) is 0 Å². The minimum atomic E-state index is -2.14. The lowest BCUT2D eigenvalue weighted by Crippen LogP contribution is -2.54. The summed E-state index contributed by atoms with van der Waals surface area (Å²) in [5, 5.41) is 21.5. The molecule has 0 saturated heterocycles. The second-order valence-electron chi connectivity index (χ2n) is 9.42. The van der Waals surface area contributed by atoms with Crippen molar-refractivity contribution in [3.8, 4) is 11.5 Å². The number of benzene rings is 3. The predicted molar refractivity (Wildman–Crippen MR) is 139 cm³/mol. The van der Waals surface area contributed by atoms with Gasteiger partial charge in [0, 0.05) is 0 Å². The molecule has 1 unspecified atom stereocenters. The largest absolute Gasteiger partial charge is 0.508 e. The Labute approximate surface area is 195 Å². The average molecular weight is 465 g/mol. The van der Waals surface area contributed by atoms with Gasteiger partial charge in [0.25, 0.3) is 0 Å². The fourth-order valence-corrected chi connectivity index (χ4v) is 13.7. The maximum Gasteiger partial charge on any atom is 0.209 e. The zero-order valence-electron chi connectivity index (χ0n) is 19.6. The van der Waals surface area contributed by atoms with E-state index >= 15 is 0 Å². The zero-order valence-corrected chi connectivity index (χ0v) is 21.6. The Hall–Kier alpha value is -2.35. The lowest BCUT2D eigenvalue weighted by molar-refractivity contribution is 0.467. The third-order valence-electron chi connectivity index (χ3n) is 6.19. The number of para-hydroxylation sites is 2. The van der Waals surface area contributed by atoms with E-state index in [-0.39, 0.29) is 0 Å². The van der Waals surface area contributed by atoms with E-state index < -0.39 is 16.6 Å². The standard InChI is InChI=1S/C27H36O3Si2/c1-31(2,21-11-15-23-13-7-9-19-26(23)28)30-32(3,25-17-5-4-6-18-25)22-12-16-24-14-8-10-20-27(24)29/h4-10,13-14,17-20,28-29H,11-12,15-16,21-22H2,1-3H3. The summed E-state index contributed by atoms with van der Waals surface area (Å²) in [6.45, 7) is 7.01. The third-order valence-corrected chi connectivity index (χ3v) is 14.6. The van der Waals surface area contributed by atoms with Gasteiger partial charge >= 0.3 is 0 Å². The van der Waals surface area contributed by atoms with Crippen LogP contribution in [0, 0.1) is 0 Å². The first-order valence-corrected chi connectivity index (χ1v) is 17.3. The second kappa shape index (κ2) is 11.0. The molecule has 0 heterocycles. The lowest BCUT2D eigenvalue weighted by Gasteiger charge is -2.37. The van der Waals surface area contributed by atoms with Gasteiger partial charge in [0.05, 0.1) is 0 Å². The van der Waals surface area contributed by atoms with Crippen LogP contribution in [-0.4, -0.2) is 26.8 Å². The van der Waals surface area contributed by atoms with Crippen molar-refractivity contribution in [2.75, 3.05) is 0 Å². The molecule has 170 valence electrons. The molecule has 3 aromatic carbocycles. The second-order valence-corrected chi connectivity index (χ2v) is 17.8. The van der Waals surface area contributed by atoms with Crippen LogP contribution < -0.4 is 5.19 Å². The number of aromatic hydroxyl groups is 2. The predicted octanol–water partition coefficient (Wildman–Crippen LogP) is 6.37. The molecule has 3 rings (SSSR count). The fourth-order valence-electron chi connectivity index (χ4n) is 4.47. The SMILES string of the molecule is C[Si](C)(CCCc1ccccc1O)O[Si](C)(CCCc1ccccc1O)c1ccccc1. The molecule has 32 heavy (non-hydrogen) atoms. The van der Waals surface area contributed by atoms with E-state index in [0.717, 1.165) is 48.9 Å². The van der Waals surface area contributed by atoms with Gasteiger partial charge in [-0.25, -0.2) is 0 Å². The number of rotatable bonds is 11. The van der Waals surface area contributed by atoms with Crippen LogP contribution in [0.25, 0.3) is 0 Å². The maximum absolute atomic E-state index is 10.1. The van der Waals surface area contributed by atoms with Crippen molar-refractivity contribution >= 4 is 21.8 Å². The van der Waals surface area contributed by atoms with Crippen LogP contribution in [0.2, 0.25) is 31.7 Å². The molecule has 1 atom stereocenters. The van der Waals surface area contributed by atoms with E-state index in [0.29, 0.717) is 11.5 Å². The molecule has 0 spiro atoms. The molecule has 0 aromatic heterocycles. The molecule has 0 aliphatic heterocycles. The van der Waals surface area contributed by atoms with Gasteiger partial charge in [-0.05, 0) is 85.9 Å². The normalized spacial score (nSPS) is 13.6. The fraction of sp³-hybridized carbons (Fsp3) is 0.333. The van der Waals surface area contributed by atoms with E-state index in [4.69, 9.17) is 4.12 Å². The first-order chi connectivity index (χ1) is 15.3. The molecule has 0 fully saturated rings. The molecule has 3 aromatic rings. The Morgan fingerprint density at radius 1 is 0.625 bits per heavy atom. The molecule has 0 bridgehead atoms. The van der Waals surface area contributed by atoms with Crippen LogP contribution in [0.1, 0.15) is 24.0 Å². The van der Waals surface area contributed by atoms with Crippen molar-refractivity contribution in [2.45, 2.75) is 57.4 Å². The molecule has 2 N–H and O–H groups in total. The summed E-state index contributed by atoms with van der Waals surface area (Å²) in [4.78, 5) is 0. The van der Waals surface area contributed by atoms with Crippen molar-refractivity contribution < 1.29 is 14.3 Å². The van der Waals surface area contributed by atoms with E-state index in [1.807, 2.05) is 36.4 Å². The lowest BCUT2D eigenvalue weighted by atomic mass is 10.1. The Balaban J connectivity index is 1.66. The third kappa shape index (κ3) is 6.82. The number of phenolic OH excluding ortho intramolecular Hbond substituents is 2. The number of hydrogen-bond donors (Lipinski definition) is 2. The number of hydrogen-bond acceptors (Lipinski definition) is 3. The minimum absolute atomic E-state index is 0.385. The van der Waals surface area contributed by atoms with Crippen molar-refractivity contribution in [1.29, 1.82) is 0 Å². The summed E-state index contributed by atoms with van der Waals surface area (Å²) in [6.07, 6.45) is 3.76. The van der Waals surface area contributed by atoms with E-state index in [2.05, 4.69) is 50.0 Å². The van der Waals surface area contributed by atoms with E-state index in [1.54, 1.807) is 12.1 Å². The van der Waals surface area contributed by atoms with Gasteiger partial charge in [0.1, 0.15) is 11.5 Å². The van der Waals surface area contributed by atoms with Crippen LogP contribution in [0.5, 0.6) is 11.5 Å². The topological polar surface area (TPSA) is 49.7 Å².